The third-order valence-corrected chi connectivity index (χ3v) is 6.01. The molecule has 0 aliphatic carbocycles. The van der Waals surface area contributed by atoms with Gasteiger partial charge in [-0.3, -0.25) is 4.79 Å². The lowest BCUT2D eigenvalue weighted by Crippen LogP contribution is -2.43. The number of hydrogen-bond donors (Lipinski definition) is 1. The van der Waals surface area contributed by atoms with Crippen molar-refractivity contribution in [1.82, 2.24) is 5.32 Å². The Morgan fingerprint density at radius 3 is 2.50 bits per heavy atom. The molecule has 1 unspecified atom stereocenters. The van der Waals surface area contributed by atoms with Gasteiger partial charge >= 0.3 is 0 Å². The lowest BCUT2D eigenvalue weighted by Gasteiger charge is -2.31. The van der Waals surface area contributed by atoms with E-state index in [4.69, 9.17) is 0 Å². The number of nitrogens with zero attached hydrogens (tertiary/aromatic N) is 2. The van der Waals surface area contributed by atoms with Crippen molar-refractivity contribution in [2.24, 2.45) is 0 Å². The summed E-state index contributed by atoms with van der Waals surface area (Å²) in [5.74, 6) is -0.0451. The summed E-state index contributed by atoms with van der Waals surface area (Å²) in [6, 6.07) is 15.3. The van der Waals surface area contributed by atoms with Crippen molar-refractivity contribution in [2.45, 2.75) is 23.6 Å². The van der Waals surface area contributed by atoms with E-state index in [2.05, 4.69) is 10.2 Å². The van der Waals surface area contributed by atoms with Crippen LogP contribution in [0.4, 0.5) is 11.4 Å². The molecule has 0 saturated carbocycles. The van der Waals surface area contributed by atoms with E-state index in [1.165, 1.54) is 0 Å². The van der Waals surface area contributed by atoms with Crippen LogP contribution >= 0.6 is 0 Å². The molecule has 1 saturated heterocycles. The molecule has 0 aromatic heterocycles. The maximum absolute atomic E-state index is 13.1. The Bertz CT molecular complexity index is 748. The van der Waals surface area contributed by atoms with Crippen LogP contribution in [-0.4, -0.2) is 43.2 Å². The Morgan fingerprint density at radius 1 is 1.19 bits per heavy atom. The van der Waals surface area contributed by atoms with Crippen molar-refractivity contribution in [3.05, 3.63) is 48.5 Å². The van der Waals surface area contributed by atoms with Crippen molar-refractivity contribution < 1.29 is 9.35 Å². The van der Waals surface area contributed by atoms with Gasteiger partial charge in [-0.2, -0.15) is 0 Å². The van der Waals surface area contributed by atoms with Gasteiger partial charge in [0.05, 0.1) is 0 Å². The van der Waals surface area contributed by atoms with Gasteiger partial charge in [0, 0.05) is 56.5 Å². The summed E-state index contributed by atoms with van der Waals surface area (Å²) < 4.78 is 13.1. The molecule has 1 atom stereocenters. The standard InChI is InChI=1S/C20H25N3O2S/c1-3-23(16(2)24)19-15-17(22-13-11-21-12-14-22)9-10-20(19)26(25)18-7-5-4-6-8-18/h4-10,15,21H,3,11-14H2,1-2H3. The molecule has 1 N–H and O–H groups in total. The van der Waals surface area contributed by atoms with Gasteiger partial charge in [0.2, 0.25) is 5.91 Å². The largest absolute Gasteiger partial charge is 0.606 e. The van der Waals surface area contributed by atoms with Crippen LogP contribution in [0.5, 0.6) is 0 Å². The van der Waals surface area contributed by atoms with Crippen LogP contribution in [0.2, 0.25) is 0 Å². The Labute approximate surface area is 158 Å². The van der Waals surface area contributed by atoms with Gasteiger partial charge in [-0.15, -0.1) is 0 Å². The minimum Gasteiger partial charge on any atom is -0.606 e. The highest BCUT2D eigenvalue weighted by atomic mass is 32.2. The summed E-state index contributed by atoms with van der Waals surface area (Å²) in [5, 5.41) is 3.35. The Morgan fingerprint density at radius 2 is 1.88 bits per heavy atom. The van der Waals surface area contributed by atoms with Crippen molar-refractivity contribution >= 4 is 28.5 Å². The molecule has 2 aromatic carbocycles. The predicted molar refractivity (Wildman–Crippen MR) is 106 cm³/mol. The molecule has 6 heteroatoms. The van der Waals surface area contributed by atoms with Gasteiger partial charge in [-0.1, -0.05) is 18.2 Å². The number of carbonyl (C=O) groups is 1. The molecule has 0 spiro atoms. The summed E-state index contributed by atoms with van der Waals surface area (Å²) >= 11 is -1.34. The number of amides is 1. The number of rotatable bonds is 5. The molecule has 1 aliphatic rings. The molecule has 1 aliphatic heterocycles. The summed E-state index contributed by atoms with van der Waals surface area (Å²) in [4.78, 5) is 17.6. The Hall–Kier alpha value is -2.02. The molecule has 2 aromatic rings. The number of carbonyl (C=O) groups excluding carboxylic acids is 1. The minimum absolute atomic E-state index is 0.0451. The first-order valence-corrected chi connectivity index (χ1v) is 10.1. The van der Waals surface area contributed by atoms with Crippen LogP contribution in [0, 0.1) is 0 Å². The Balaban J connectivity index is 2.03. The normalized spacial score (nSPS) is 15.6. The molecule has 0 bridgehead atoms. The van der Waals surface area contributed by atoms with E-state index >= 15 is 0 Å². The predicted octanol–water partition coefficient (Wildman–Crippen LogP) is 2.64. The number of hydrogen-bond acceptors (Lipinski definition) is 4. The number of nitrogens with one attached hydrogen (secondary N) is 1. The highest BCUT2D eigenvalue weighted by molar-refractivity contribution is 7.91. The van der Waals surface area contributed by atoms with Gasteiger partial charge < -0.3 is 19.7 Å². The van der Waals surface area contributed by atoms with Crippen molar-refractivity contribution in [1.29, 1.82) is 0 Å². The molecular weight excluding hydrogens is 346 g/mol. The summed E-state index contributed by atoms with van der Waals surface area (Å²) in [6.45, 7) is 7.76. The third kappa shape index (κ3) is 4.03. The van der Waals surface area contributed by atoms with E-state index in [0.29, 0.717) is 11.4 Å². The molecule has 138 valence electrons. The van der Waals surface area contributed by atoms with E-state index in [1.54, 1.807) is 11.8 Å². The first-order chi connectivity index (χ1) is 12.6. The lowest BCUT2D eigenvalue weighted by molar-refractivity contribution is -0.116. The van der Waals surface area contributed by atoms with Gasteiger partial charge in [0.1, 0.15) is 5.69 Å². The van der Waals surface area contributed by atoms with Crippen molar-refractivity contribution in [2.75, 3.05) is 42.5 Å². The first kappa shape index (κ1) is 18.8. The van der Waals surface area contributed by atoms with Crippen LogP contribution < -0.4 is 15.1 Å². The molecule has 1 fully saturated rings. The summed E-state index contributed by atoms with van der Waals surface area (Å²) in [7, 11) is 0. The van der Waals surface area contributed by atoms with E-state index in [-0.39, 0.29) is 5.91 Å². The molecule has 0 radical (unpaired) electrons. The fourth-order valence-electron chi connectivity index (χ4n) is 3.23. The maximum atomic E-state index is 13.1. The van der Waals surface area contributed by atoms with E-state index in [0.717, 1.165) is 42.4 Å². The monoisotopic (exact) mass is 371 g/mol. The van der Waals surface area contributed by atoms with Crippen LogP contribution in [0.3, 0.4) is 0 Å². The van der Waals surface area contributed by atoms with Crippen LogP contribution in [0.15, 0.2) is 58.3 Å². The smallest absolute Gasteiger partial charge is 0.223 e. The zero-order chi connectivity index (χ0) is 18.5. The average molecular weight is 372 g/mol. The zero-order valence-electron chi connectivity index (χ0n) is 15.3. The second kappa shape index (κ2) is 8.58. The number of anilines is 2. The molecular formula is C20H25N3O2S. The quantitative estimate of drug-likeness (QED) is 0.821. The van der Waals surface area contributed by atoms with Gasteiger partial charge in [0.15, 0.2) is 9.79 Å². The number of piperazine rings is 1. The van der Waals surface area contributed by atoms with Crippen LogP contribution in [0.25, 0.3) is 0 Å². The highest BCUT2D eigenvalue weighted by Gasteiger charge is 2.25. The first-order valence-electron chi connectivity index (χ1n) is 8.96. The second-order valence-electron chi connectivity index (χ2n) is 6.23. The van der Waals surface area contributed by atoms with E-state index < -0.39 is 11.2 Å². The molecule has 3 rings (SSSR count). The summed E-state index contributed by atoms with van der Waals surface area (Å²) in [6.07, 6.45) is 0. The summed E-state index contributed by atoms with van der Waals surface area (Å²) in [5.41, 5.74) is 1.80. The fraction of sp³-hybridized carbons (Fsp3) is 0.350. The van der Waals surface area contributed by atoms with E-state index in [1.807, 2.05) is 55.5 Å². The Kier molecular flexibility index (Phi) is 6.19. The minimum atomic E-state index is -1.34. The van der Waals surface area contributed by atoms with Crippen LogP contribution in [0.1, 0.15) is 13.8 Å². The average Bonchev–Trinajstić information content (AvgIpc) is 2.69. The number of benzene rings is 2. The van der Waals surface area contributed by atoms with E-state index in [9.17, 15) is 9.35 Å². The second-order valence-corrected chi connectivity index (χ2v) is 7.68. The molecule has 5 nitrogen and oxygen atoms in total. The van der Waals surface area contributed by atoms with Gasteiger partial charge in [-0.25, -0.2) is 0 Å². The van der Waals surface area contributed by atoms with Gasteiger partial charge in [-0.05, 0) is 37.3 Å². The van der Waals surface area contributed by atoms with Gasteiger partial charge in [0.25, 0.3) is 0 Å². The molecule has 1 amide bonds. The zero-order valence-corrected chi connectivity index (χ0v) is 16.1. The topological polar surface area (TPSA) is 58.6 Å². The third-order valence-electron chi connectivity index (χ3n) is 4.57. The maximum Gasteiger partial charge on any atom is 0.223 e. The van der Waals surface area contributed by atoms with Crippen molar-refractivity contribution in [3.8, 4) is 0 Å². The van der Waals surface area contributed by atoms with Crippen molar-refractivity contribution in [3.63, 3.8) is 0 Å². The molecule has 26 heavy (non-hydrogen) atoms. The lowest BCUT2D eigenvalue weighted by atomic mass is 10.2. The fourth-order valence-corrected chi connectivity index (χ4v) is 4.44. The highest BCUT2D eigenvalue weighted by Crippen LogP contribution is 2.34. The SMILES string of the molecule is CCN(C(C)=O)c1cc(N2CCNCC2)ccc1[S+]([O-])c1ccccc1. The van der Waals surface area contributed by atoms with Crippen LogP contribution in [-0.2, 0) is 16.0 Å². The molecule has 1 heterocycles.